The summed E-state index contributed by atoms with van der Waals surface area (Å²) >= 11 is 0. The molecule has 122 valence electrons. The zero-order valence-electron chi connectivity index (χ0n) is 12.6. The number of hydrogen-bond donors (Lipinski definition) is 1. The second kappa shape index (κ2) is 5.64. The molecule has 0 spiro atoms. The molecule has 2 aliphatic heterocycles. The van der Waals surface area contributed by atoms with Crippen molar-refractivity contribution in [2.75, 3.05) is 12.8 Å². The zero-order valence-corrected chi connectivity index (χ0v) is 13.4. The van der Waals surface area contributed by atoms with Crippen LogP contribution in [-0.4, -0.2) is 59.2 Å². The Morgan fingerprint density at radius 3 is 2.95 bits per heavy atom. The Morgan fingerprint density at radius 2 is 2.32 bits per heavy atom. The van der Waals surface area contributed by atoms with E-state index in [0.29, 0.717) is 25.9 Å². The Bertz CT molecular complexity index is 671. The minimum Gasteiger partial charge on any atom is -0.363 e. The summed E-state index contributed by atoms with van der Waals surface area (Å²) in [6.45, 7) is 0.795. The second-order valence-corrected chi connectivity index (χ2v) is 7.74. The number of aromatic nitrogens is 2. The number of nitrogens with one attached hydrogen (secondary N) is 1. The van der Waals surface area contributed by atoms with Gasteiger partial charge in [-0.1, -0.05) is 0 Å². The number of fused-ring (bicyclic) bond motifs is 1. The van der Waals surface area contributed by atoms with Crippen LogP contribution in [0.4, 0.5) is 0 Å². The van der Waals surface area contributed by atoms with Gasteiger partial charge in [0.2, 0.25) is 15.9 Å². The maximum absolute atomic E-state index is 12.2. The van der Waals surface area contributed by atoms with Gasteiger partial charge in [0, 0.05) is 32.4 Å². The molecule has 2 saturated heterocycles. The molecule has 2 fully saturated rings. The molecule has 1 aromatic rings. The summed E-state index contributed by atoms with van der Waals surface area (Å²) in [4.78, 5) is 16.3. The number of carbonyl (C=O) groups is 1. The third-order valence-corrected chi connectivity index (χ3v) is 5.59. The largest absolute Gasteiger partial charge is 0.363 e. The zero-order chi connectivity index (χ0) is 15.9. The summed E-state index contributed by atoms with van der Waals surface area (Å²) in [5.74, 6) is 0.537. The SMILES string of the molecule is Cn1ccnc1CNC(=O)[C@@H]1C[C@@H]2[C@@H](CCN2S(C)(=O)=O)O1. The molecule has 9 heteroatoms. The Kier molecular flexibility index (Phi) is 3.96. The fraction of sp³-hybridized carbons (Fsp3) is 0.692. The van der Waals surface area contributed by atoms with Gasteiger partial charge in [-0.15, -0.1) is 0 Å². The molecule has 0 radical (unpaired) electrons. The molecule has 3 heterocycles. The highest BCUT2D eigenvalue weighted by Gasteiger charge is 2.48. The van der Waals surface area contributed by atoms with E-state index in [2.05, 4.69) is 10.3 Å². The van der Waals surface area contributed by atoms with E-state index in [1.807, 2.05) is 17.8 Å². The molecular formula is C13H20N4O4S. The number of sulfonamides is 1. The minimum absolute atomic E-state index is 0.182. The average Bonchev–Trinajstić information content (AvgIpc) is 3.08. The molecular weight excluding hydrogens is 308 g/mol. The topological polar surface area (TPSA) is 93.5 Å². The van der Waals surface area contributed by atoms with Gasteiger partial charge >= 0.3 is 0 Å². The normalized spacial score (nSPS) is 28.7. The number of ether oxygens (including phenoxy) is 1. The Hall–Kier alpha value is -1.45. The van der Waals surface area contributed by atoms with Crippen molar-refractivity contribution in [3.8, 4) is 0 Å². The number of nitrogens with zero attached hydrogens (tertiary/aromatic N) is 3. The molecule has 0 aromatic carbocycles. The van der Waals surface area contributed by atoms with Crippen LogP contribution in [0, 0.1) is 0 Å². The average molecular weight is 328 g/mol. The first-order valence-corrected chi connectivity index (χ1v) is 9.07. The van der Waals surface area contributed by atoms with E-state index in [1.54, 1.807) is 6.20 Å². The summed E-state index contributed by atoms with van der Waals surface area (Å²) in [5, 5.41) is 2.80. The van der Waals surface area contributed by atoms with E-state index in [1.165, 1.54) is 10.6 Å². The van der Waals surface area contributed by atoms with Crippen LogP contribution < -0.4 is 5.32 Å². The van der Waals surface area contributed by atoms with Crippen LogP contribution >= 0.6 is 0 Å². The first kappa shape index (κ1) is 15.4. The smallest absolute Gasteiger partial charge is 0.249 e. The maximum atomic E-state index is 12.2. The van der Waals surface area contributed by atoms with E-state index < -0.39 is 16.1 Å². The number of imidazole rings is 1. The minimum atomic E-state index is -3.25. The first-order valence-electron chi connectivity index (χ1n) is 7.22. The van der Waals surface area contributed by atoms with Crippen molar-refractivity contribution >= 4 is 15.9 Å². The predicted molar refractivity (Wildman–Crippen MR) is 78.3 cm³/mol. The van der Waals surface area contributed by atoms with Crippen molar-refractivity contribution < 1.29 is 17.9 Å². The summed E-state index contributed by atoms with van der Waals surface area (Å²) < 4.78 is 32.5. The van der Waals surface area contributed by atoms with Crippen molar-refractivity contribution in [2.24, 2.45) is 7.05 Å². The molecule has 1 aromatic heterocycles. The fourth-order valence-electron chi connectivity index (χ4n) is 3.14. The van der Waals surface area contributed by atoms with Crippen LogP contribution in [0.25, 0.3) is 0 Å². The van der Waals surface area contributed by atoms with Crippen LogP contribution in [0.3, 0.4) is 0 Å². The van der Waals surface area contributed by atoms with E-state index in [4.69, 9.17) is 4.74 Å². The van der Waals surface area contributed by atoms with Gasteiger partial charge in [0.15, 0.2) is 0 Å². The third kappa shape index (κ3) is 2.88. The second-order valence-electron chi connectivity index (χ2n) is 5.80. The highest BCUT2D eigenvalue weighted by atomic mass is 32.2. The van der Waals surface area contributed by atoms with E-state index >= 15 is 0 Å². The lowest BCUT2D eigenvalue weighted by Gasteiger charge is -2.19. The summed E-state index contributed by atoms with van der Waals surface area (Å²) in [5.41, 5.74) is 0. The van der Waals surface area contributed by atoms with Crippen LogP contribution in [0.1, 0.15) is 18.7 Å². The predicted octanol–water partition coefficient (Wildman–Crippen LogP) is -0.772. The molecule has 3 rings (SSSR count). The Balaban J connectivity index is 1.59. The highest BCUT2D eigenvalue weighted by Crippen LogP contribution is 2.34. The van der Waals surface area contributed by atoms with Gasteiger partial charge in [0.05, 0.1) is 24.9 Å². The lowest BCUT2D eigenvalue weighted by atomic mass is 10.1. The van der Waals surface area contributed by atoms with Crippen LogP contribution in [0.15, 0.2) is 12.4 Å². The summed E-state index contributed by atoms with van der Waals surface area (Å²) in [6, 6.07) is -0.223. The lowest BCUT2D eigenvalue weighted by Crippen LogP contribution is -2.38. The van der Waals surface area contributed by atoms with Gasteiger partial charge in [-0.25, -0.2) is 13.4 Å². The Morgan fingerprint density at radius 1 is 1.55 bits per heavy atom. The summed E-state index contributed by atoms with van der Waals surface area (Å²) in [7, 11) is -1.39. The van der Waals surface area contributed by atoms with E-state index in [-0.39, 0.29) is 18.1 Å². The van der Waals surface area contributed by atoms with Gasteiger partial charge in [0.1, 0.15) is 11.9 Å². The lowest BCUT2D eigenvalue weighted by molar-refractivity contribution is -0.132. The molecule has 1 N–H and O–H groups in total. The molecule has 22 heavy (non-hydrogen) atoms. The number of aryl methyl sites for hydroxylation is 1. The number of carbonyl (C=O) groups excluding carboxylic acids is 1. The summed E-state index contributed by atoms with van der Waals surface area (Å²) in [6.07, 6.45) is 4.94. The van der Waals surface area contributed by atoms with Gasteiger partial charge in [0.25, 0.3) is 0 Å². The van der Waals surface area contributed by atoms with Gasteiger partial charge in [-0.05, 0) is 6.42 Å². The maximum Gasteiger partial charge on any atom is 0.249 e. The highest BCUT2D eigenvalue weighted by molar-refractivity contribution is 7.88. The number of rotatable bonds is 4. The van der Waals surface area contributed by atoms with Crippen molar-refractivity contribution in [3.05, 3.63) is 18.2 Å². The standard InChI is InChI=1S/C13H20N4O4S/c1-16-6-4-14-12(16)8-15-13(18)11-7-9-10(21-11)3-5-17(9)22(2,19)20/h4,6,9-11H,3,5,7-8H2,1-2H3,(H,15,18)/t9-,10-,11+/m1/s1. The molecule has 0 saturated carbocycles. The number of amides is 1. The number of hydrogen-bond acceptors (Lipinski definition) is 5. The van der Waals surface area contributed by atoms with Crippen molar-refractivity contribution in [3.63, 3.8) is 0 Å². The third-order valence-electron chi connectivity index (χ3n) is 4.29. The molecule has 3 atom stereocenters. The fourth-order valence-corrected chi connectivity index (χ4v) is 4.29. The molecule has 0 aliphatic carbocycles. The van der Waals surface area contributed by atoms with Gasteiger partial charge < -0.3 is 14.6 Å². The Labute approximate surface area is 129 Å². The molecule has 1 amide bonds. The van der Waals surface area contributed by atoms with Crippen molar-refractivity contribution in [1.82, 2.24) is 19.2 Å². The molecule has 2 aliphatic rings. The van der Waals surface area contributed by atoms with E-state index in [0.717, 1.165) is 5.82 Å². The van der Waals surface area contributed by atoms with E-state index in [9.17, 15) is 13.2 Å². The van der Waals surface area contributed by atoms with Crippen LogP contribution in [-0.2, 0) is 33.1 Å². The van der Waals surface area contributed by atoms with Gasteiger partial charge in [-0.3, -0.25) is 4.79 Å². The van der Waals surface area contributed by atoms with Crippen LogP contribution in [0.2, 0.25) is 0 Å². The molecule has 8 nitrogen and oxygen atoms in total. The quantitative estimate of drug-likeness (QED) is 0.783. The van der Waals surface area contributed by atoms with Gasteiger partial charge in [-0.2, -0.15) is 4.31 Å². The monoisotopic (exact) mass is 328 g/mol. The first-order chi connectivity index (χ1) is 10.4. The van der Waals surface area contributed by atoms with Crippen molar-refractivity contribution in [2.45, 2.75) is 37.6 Å². The molecule has 0 unspecified atom stereocenters. The van der Waals surface area contributed by atoms with Crippen molar-refractivity contribution in [1.29, 1.82) is 0 Å². The molecule has 0 bridgehead atoms. The van der Waals surface area contributed by atoms with Crippen LogP contribution in [0.5, 0.6) is 0 Å².